The molecule has 0 saturated carbocycles. The Morgan fingerprint density at radius 3 is 1.73 bits per heavy atom. The summed E-state index contributed by atoms with van der Waals surface area (Å²) in [4.78, 5) is 0. The molecule has 0 unspecified atom stereocenters. The van der Waals surface area contributed by atoms with E-state index in [4.69, 9.17) is 4.42 Å². The molecule has 0 saturated heterocycles. The van der Waals surface area contributed by atoms with Crippen LogP contribution in [0.5, 0.6) is 0 Å². The van der Waals surface area contributed by atoms with Crippen LogP contribution in [0.2, 0.25) is 0 Å². The van der Waals surface area contributed by atoms with E-state index in [0.29, 0.717) is 5.92 Å². The Morgan fingerprint density at radius 1 is 1.00 bits per heavy atom. The summed E-state index contributed by atoms with van der Waals surface area (Å²) in [5.41, 5.74) is 2.69. The van der Waals surface area contributed by atoms with Gasteiger partial charge >= 0.3 is 0 Å². The molecule has 1 rings (SSSR count). The van der Waals surface area contributed by atoms with E-state index in [2.05, 4.69) is 20.8 Å². The molecule has 0 spiro atoms. The SMILES string of the molecule is Cc1oc(C)c(C(C)C)c1C. The molecule has 1 nitrogen and oxygen atoms in total. The van der Waals surface area contributed by atoms with Crippen molar-refractivity contribution in [2.45, 2.75) is 40.5 Å². The lowest BCUT2D eigenvalue weighted by atomic mass is 9.99. The van der Waals surface area contributed by atoms with E-state index >= 15 is 0 Å². The van der Waals surface area contributed by atoms with Crippen molar-refractivity contribution in [1.82, 2.24) is 0 Å². The third kappa shape index (κ3) is 1.32. The molecule has 62 valence electrons. The monoisotopic (exact) mass is 152 g/mol. The normalized spacial score (nSPS) is 11.1. The van der Waals surface area contributed by atoms with Crippen molar-refractivity contribution >= 4 is 0 Å². The second-order valence-corrected chi connectivity index (χ2v) is 3.41. The predicted molar refractivity (Wildman–Crippen MR) is 47.0 cm³/mol. The molecule has 1 aromatic heterocycles. The lowest BCUT2D eigenvalue weighted by Crippen LogP contribution is -1.89. The van der Waals surface area contributed by atoms with Crippen molar-refractivity contribution in [1.29, 1.82) is 0 Å². The summed E-state index contributed by atoms with van der Waals surface area (Å²) in [5, 5.41) is 0. The van der Waals surface area contributed by atoms with Gasteiger partial charge in [-0.1, -0.05) is 13.8 Å². The summed E-state index contributed by atoms with van der Waals surface area (Å²) < 4.78 is 5.51. The topological polar surface area (TPSA) is 13.1 Å². The van der Waals surface area contributed by atoms with Gasteiger partial charge in [-0.25, -0.2) is 0 Å². The van der Waals surface area contributed by atoms with Gasteiger partial charge in [0, 0.05) is 0 Å². The molecule has 0 radical (unpaired) electrons. The molecule has 0 fully saturated rings. The summed E-state index contributed by atoms with van der Waals surface area (Å²) >= 11 is 0. The molecule has 1 heteroatoms. The fraction of sp³-hybridized carbons (Fsp3) is 0.600. The van der Waals surface area contributed by atoms with Gasteiger partial charge in [-0.3, -0.25) is 0 Å². The van der Waals surface area contributed by atoms with Gasteiger partial charge in [0.25, 0.3) is 0 Å². The van der Waals surface area contributed by atoms with Crippen LogP contribution in [0.15, 0.2) is 4.42 Å². The largest absolute Gasteiger partial charge is 0.466 e. The van der Waals surface area contributed by atoms with Gasteiger partial charge in [0.05, 0.1) is 0 Å². The zero-order valence-corrected chi connectivity index (χ0v) is 7.99. The van der Waals surface area contributed by atoms with Crippen LogP contribution in [0.3, 0.4) is 0 Å². The molecule has 1 heterocycles. The maximum Gasteiger partial charge on any atom is 0.104 e. The van der Waals surface area contributed by atoms with E-state index in [0.717, 1.165) is 11.5 Å². The van der Waals surface area contributed by atoms with Crippen LogP contribution in [0.4, 0.5) is 0 Å². The molecular weight excluding hydrogens is 136 g/mol. The highest BCUT2D eigenvalue weighted by atomic mass is 16.3. The van der Waals surface area contributed by atoms with Crippen LogP contribution in [0.25, 0.3) is 0 Å². The van der Waals surface area contributed by atoms with Gasteiger partial charge in [0.15, 0.2) is 0 Å². The number of furan rings is 1. The van der Waals surface area contributed by atoms with Crippen LogP contribution in [-0.4, -0.2) is 0 Å². The molecule has 0 aliphatic heterocycles. The van der Waals surface area contributed by atoms with Crippen LogP contribution in [0.1, 0.15) is 42.4 Å². The predicted octanol–water partition coefficient (Wildman–Crippen LogP) is 3.33. The Balaban J connectivity index is 3.22. The fourth-order valence-corrected chi connectivity index (χ4v) is 1.65. The van der Waals surface area contributed by atoms with Crippen LogP contribution >= 0.6 is 0 Å². The van der Waals surface area contributed by atoms with Crippen molar-refractivity contribution in [2.24, 2.45) is 0 Å². The maximum absolute atomic E-state index is 5.51. The smallest absolute Gasteiger partial charge is 0.104 e. The van der Waals surface area contributed by atoms with Crippen molar-refractivity contribution in [2.75, 3.05) is 0 Å². The first kappa shape index (κ1) is 8.38. The Bertz CT molecular complexity index is 256. The average molecular weight is 152 g/mol. The summed E-state index contributed by atoms with van der Waals surface area (Å²) in [5.74, 6) is 2.72. The van der Waals surface area contributed by atoms with E-state index in [-0.39, 0.29) is 0 Å². The Morgan fingerprint density at radius 2 is 1.55 bits per heavy atom. The van der Waals surface area contributed by atoms with Crippen LogP contribution < -0.4 is 0 Å². The van der Waals surface area contributed by atoms with Crippen molar-refractivity contribution in [3.05, 3.63) is 22.6 Å². The summed E-state index contributed by atoms with van der Waals surface area (Å²) in [6.45, 7) is 10.6. The minimum absolute atomic E-state index is 0.576. The number of aryl methyl sites for hydroxylation is 2. The lowest BCUT2D eigenvalue weighted by molar-refractivity contribution is 0.498. The molecule has 11 heavy (non-hydrogen) atoms. The lowest BCUT2D eigenvalue weighted by Gasteiger charge is -2.03. The Kier molecular flexibility index (Phi) is 2.08. The van der Waals surface area contributed by atoms with E-state index in [9.17, 15) is 0 Å². The third-order valence-electron chi connectivity index (χ3n) is 2.19. The summed E-state index contributed by atoms with van der Waals surface area (Å²) in [6.07, 6.45) is 0. The van der Waals surface area contributed by atoms with Gasteiger partial charge in [-0.2, -0.15) is 0 Å². The first-order valence-electron chi connectivity index (χ1n) is 4.10. The standard InChI is InChI=1S/C10H16O/c1-6(2)10-7(3)8(4)11-9(10)5/h6H,1-5H3. The second kappa shape index (κ2) is 2.72. The second-order valence-electron chi connectivity index (χ2n) is 3.41. The average Bonchev–Trinajstić information content (AvgIpc) is 2.07. The van der Waals surface area contributed by atoms with E-state index in [1.165, 1.54) is 11.1 Å². The summed E-state index contributed by atoms with van der Waals surface area (Å²) in [7, 11) is 0. The number of hydrogen-bond acceptors (Lipinski definition) is 1. The van der Waals surface area contributed by atoms with Gasteiger partial charge in [-0.15, -0.1) is 0 Å². The highest BCUT2D eigenvalue weighted by Crippen LogP contribution is 2.27. The molecule has 0 N–H and O–H groups in total. The minimum Gasteiger partial charge on any atom is -0.466 e. The fourth-order valence-electron chi connectivity index (χ4n) is 1.65. The van der Waals surface area contributed by atoms with Gasteiger partial charge in [0.1, 0.15) is 11.5 Å². The molecule has 0 atom stereocenters. The van der Waals surface area contributed by atoms with E-state index < -0.39 is 0 Å². The molecule has 0 aliphatic carbocycles. The molecular formula is C10H16O. The van der Waals surface area contributed by atoms with Crippen molar-refractivity contribution in [3.63, 3.8) is 0 Å². The van der Waals surface area contributed by atoms with Crippen molar-refractivity contribution in [3.8, 4) is 0 Å². The summed E-state index contributed by atoms with van der Waals surface area (Å²) in [6, 6.07) is 0. The third-order valence-corrected chi connectivity index (χ3v) is 2.19. The van der Waals surface area contributed by atoms with E-state index in [1.54, 1.807) is 0 Å². The van der Waals surface area contributed by atoms with Gasteiger partial charge < -0.3 is 4.42 Å². The zero-order chi connectivity index (χ0) is 8.59. The molecule has 0 aromatic carbocycles. The molecule has 0 aliphatic rings. The molecule has 0 bridgehead atoms. The highest BCUT2D eigenvalue weighted by Gasteiger charge is 2.13. The van der Waals surface area contributed by atoms with E-state index in [1.807, 2.05) is 13.8 Å². The van der Waals surface area contributed by atoms with Crippen LogP contribution in [0, 0.1) is 20.8 Å². The quantitative estimate of drug-likeness (QED) is 0.601. The van der Waals surface area contributed by atoms with Crippen LogP contribution in [-0.2, 0) is 0 Å². The van der Waals surface area contributed by atoms with Crippen molar-refractivity contribution < 1.29 is 4.42 Å². The Hall–Kier alpha value is -0.720. The zero-order valence-electron chi connectivity index (χ0n) is 7.99. The highest BCUT2D eigenvalue weighted by molar-refractivity contribution is 5.33. The minimum atomic E-state index is 0.576. The maximum atomic E-state index is 5.51. The number of rotatable bonds is 1. The first-order valence-corrected chi connectivity index (χ1v) is 4.10. The molecule has 0 amide bonds. The number of hydrogen-bond donors (Lipinski definition) is 0. The Labute approximate surface area is 68.4 Å². The first-order chi connectivity index (χ1) is 5.04. The van der Waals surface area contributed by atoms with Gasteiger partial charge in [-0.05, 0) is 37.8 Å². The van der Waals surface area contributed by atoms with Gasteiger partial charge in [0.2, 0.25) is 0 Å². The molecule has 1 aromatic rings.